The molecule has 0 fully saturated rings. The average Bonchev–Trinajstić information content (AvgIpc) is 3.33. The van der Waals surface area contributed by atoms with Gasteiger partial charge in [-0.1, -0.05) is 24.3 Å². The summed E-state index contributed by atoms with van der Waals surface area (Å²) in [5.74, 6) is 2.24. The van der Waals surface area contributed by atoms with E-state index in [4.69, 9.17) is 9.47 Å². The molecule has 7 nitrogen and oxygen atoms in total. The number of rotatable bonds is 9. The van der Waals surface area contributed by atoms with E-state index in [1.54, 1.807) is 19.6 Å². The number of imidazole rings is 1. The Morgan fingerprint density at radius 1 is 1.10 bits per heavy atom. The first-order chi connectivity index (χ1) is 15.2. The fourth-order valence-corrected chi connectivity index (χ4v) is 3.31. The smallest absolute Gasteiger partial charge is 0.191 e. The first-order valence-electron chi connectivity index (χ1n) is 10.6. The van der Waals surface area contributed by atoms with Gasteiger partial charge in [0, 0.05) is 26.0 Å². The molecule has 164 valence electrons. The fraction of sp³-hybridized carbons (Fsp3) is 0.333. The van der Waals surface area contributed by atoms with Gasteiger partial charge in [0.05, 0.1) is 31.3 Å². The normalized spacial score (nSPS) is 12.3. The first-order valence-corrected chi connectivity index (χ1v) is 10.6. The molecule has 0 aliphatic carbocycles. The van der Waals surface area contributed by atoms with E-state index in [2.05, 4.69) is 39.7 Å². The molecular weight excluding hydrogens is 390 g/mol. The SMILES string of the molecule is CCOc1ccc(C(C)NC(=NC)NCc2ccccc2-n2ccnc2)cc1OCC. The van der Waals surface area contributed by atoms with Gasteiger partial charge in [-0.3, -0.25) is 4.99 Å². The van der Waals surface area contributed by atoms with Crippen LogP contribution >= 0.6 is 0 Å². The molecule has 1 aromatic heterocycles. The predicted octanol–water partition coefficient (Wildman–Crippen LogP) is 4.10. The van der Waals surface area contributed by atoms with Crippen molar-refractivity contribution in [3.63, 3.8) is 0 Å². The van der Waals surface area contributed by atoms with Crippen molar-refractivity contribution in [1.82, 2.24) is 20.2 Å². The van der Waals surface area contributed by atoms with E-state index < -0.39 is 0 Å². The van der Waals surface area contributed by atoms with Gasteiger partial charge in [0.2, 0.25) is 0 Å². The molecule has 3 aromatic rings. The highest BCUT2D eigenvalue weighted by atomic mass is 16.5. The van der Waals surface area contributed by atoms with Gasteiger partial charge in [-0.15, -0.1) is 0 Å². The molecule has 1 unspecified atom stereocenters. The van der Waals surface area contributed by atoms with Gasteiger partial charge in [-0.2, -0.15) is 0 Å². The molecule has 0 aliphatic heterocycles. The van der Waals surface area contributed by atoms with Crippen LogP contribution < -0.4 is 20.1 Å². The second kappa shape index (κ2) is 11.1. The Hall–Kier alpha value is -3.48. The lowest BCUT2D eigenvalue weighted by Crippen LogP contribution is -2.38. The number of ether oxygens (including phenoxy) is 2. The number of aliphatic imine (C=N–C) groups is 1. The minimum absolute atomic E-state index is 0.0324. The maximum atomic E-state index is 5.76. The van der Waals surface area contributed by atoms with Crippen molar-refractivity contribution in [2.24, 2.45) is 4.99 Å². The van der Waals surface area contributed by atoms with Crippen LogP contribution in [0.15, 0.2) is 66.2 Å². The minimum atomic E-state index is 0.0324. The van der Waals surface area contributed by atoms with E-state index in [0.717, 1.165) is 34.3 Å². The molecule has 7 heteroatoms. The van der Waals surface area contributed by atoms with E-state index in [-0.39, 0.29) is 6.04 Å². The summed E-state index contributed by atoms with van der Waals surface area (Å²) >= 11 is 0. The van der Waals surface area contributed by atoms with Gasteiger partial charge in [0.15, 0.2) is 17.5 Å². The standard InChI is InChI=1S/C24H31N5O2/c1-5-30-22-12-11-19(15-23(22)31-6-2)18(3)28-24(25-4)27-16-20-9-7-8-10-21(20)29-14-13-26-17-29/h7-15,17-18H,5-6,16H2,1-4H3,(H2,25,27,28). The average molecular weight is 422 g/mol. The molecule has 0 bridgehead atoms. The highest BCUT2D eigenvalue weighted by molar-refractivity contribution is 5.80. The van der Waals surface area contributed by atoms with Gasteiger partial charge in [-0.25, -0.2) is 4.98 Å². The largest absolute Gasteiger partial charge is 0.490 e. The second-order valence-electron chi connectivity index (χ2n) is 6.96. The van der Waals surface area contributed by atoms with Crippen molar-refractivity contribution in [3.8, 4) is 17.2 Å². The number of aromatic nitrogens is 2. The Bertz CT molecular complexity index is 985. The molecule has 0 radical (unpaired) electrons. The second-order valence-corrected chi connectivity index (χ2v) is 6.96. The number of hydrogen-bond donors (Lipinski definition) is 2. The van der Waals surface area contributed by atoms with Crippen LogP contribution in [0.25, 0.3) is 5.69 Å². The van der Waals surface area contributed by atoms with Crippen LogP contribution in [-0.2, 0) is 6.54 Å². The van der Waals surface area contributed by atoms with Crippen molar-refractivity contribution in [2.45, 2.75) is 33.4 Å². The molecule has 2 aromatic carbocycles. The Morgan fingerprint density at radius 2 is 1.87 bits per heavy atom. The van der Waals surface area contributed by atoms with E-state index in [1.807, 2.05) is 54.9 Å². The number of hydrogen-bond acceptors (Lipinski definition) is 4. The summed E-state index contributed by atoms with van der Waals surface area (Å²) in [5, 5.41) is 6.86. The number of nitrogens with one attached hydrogen (secondary N) is 2. The summed E-state index contributed by atoms with van der Waals surface area (Å²) in [7, 11) is 1.77. The lowest BCUT2D eigenvalue weighted by Gasteiger charge is -2.20. The maximum Gasteiger partial charge on any atom is 0.191 e. The Balaban J connectivity index is 1.68. The zero-order valence-corrected chi connectivity index (χ0v) is 18.6. The van der Waals surface area contributed by atoms with Crippen molar-refractivity contribution >= 4 is 5.96 Å². The Kier molecular flexibility index (Phi) is 7.92. The topological polar surface area (TPSA) is 72.7 Å². The number of para-hydroxylation sites is 1. The highest BCUT2D eigenvalue weighted by Crippen LogP contribution is 2.30. The molecule has 2 N–H and O–H groups in total. The number of guanidine groups is 1. The molecule has 0 saturated heterocycles. The summed E-state index contributed by atoms with van der Waals surface area (Å²) in [6.07, 6.45) is 5.52. The van der Waals surface area contributed by atoms with Gasteiger partial charge < -0.3 is 24.7 Å². The van der Waals surface area contributed by atoms with Crippen molar-refractivity contribution < 1.29 is 9.47 Å². The molecule has 1 heterocycles. The quantitative estimate of drug-likeness (QED) is 0.402. The maximum absolute atomic E-state index is 5.76. The first kappa shape index (κ1) is 22.2. The summed E-state index contributed by atoms with van der Waals surface area (Å²) in [6, 6.07) is 14.3. The minimum Gasteiger partial charge on any atom is -0.490 e. The highest BCUT2D eigenvalue weighted by Gasteiger charge is 2.13. The van der Waals surface area contributed by atoms with Crippen LogP contribution in [0.5, 0.6) is 11.5 Å². The van der Waals surface area contributed by atoms with Crippen molar-refractivity contribution in [3.05, 3.63) is 72.3 Å². The molecule has 0 spiro atoms. The van der Waals surface area contributed by atoms with Crippen LogP contribution in [0.1, 0.15) is 37.9 Å². The van der Waals surface area contributed by atoms with Crippen molar-refractivity contribution in [2.75, 3.05) is 20.3 Å². The monoisotopic (exact) mass is 421 g/mol. The third kappa shape index (κ3) is 5.78. The number of benzene rings is 2. The summed E-state index contributed by atoms with van der Waals surface area (Å²) in [5.41, 5.74) is 3.33. The predicted molar refractivity (Wildman–Crippen MR) is 124 cm³/mol. The van der Waals surface area contributed by atoms with Gasteiger partial charge >= 0.3 is 0 Å². The fourth-order valence-electron chi connectivity index (χ4n) is 3.31. The number of nitrogens with zero attached hydrogens (tertiary/aromatic N) is 3. The molecule has 0 amide bonds. The van der Waals surface area contributed by atoms with Crippen LogP contribution in [0.4, 0.5) is 0 Å². The molecule has 0 saturated carbocycles. The molecule has 3 rings (SSSR count). The molecule has 1 atom stereocenters. The summed E-state index contributed by atoms with van der Waals surface area (Å²) in [4.78, 5) is 8.54. The third-order valence-electron chi connectivity index (χ3n) is 4.86. The zero-order valence-electron chi connectivity index (χ0n) is 18.6. The lowest BCUT2D eigenvalue weighted by atomic mass is 10.1. The van der Waals surface area contributed by atoms with Gasteiger partial charge in [0.25, 0.3) is 0 Å². The summed E-state index contributed by atoms with van der Waals surface area (Å²) in [6.45, 7) is 7.85. The van der Waals surface area contributed by atoms with Crippen LogP contribution in [0.3, 0.4) is 0 Å². The third-order valence-corrected chi connectivity index (χ3v) is 4.86. The van der Waals surface area contributed by atoms with Crippen LogP contribution in [0, 0.1) is 0 Å². The molecule has 0 aliphatic rings. The van der Waals surface area contributed by atoms with E-state index in [0.29, 0.717) is 19.8 Å². The van der Waals surface area contributed by atoms with Gasteiger partial charge in [-0.05, 0) is 50.1 Å². The van der Waals surface area contributed by atoms with E-state index in [9.17, 15) is 0 Å². The van der Waals surface area contributed by atoms with Gasteiger partial charge in [0.1, 0.15) is 0 Å². The molecule has 31 heavy (non-hydrogen) atoms. The Morgan fingerprint density at radius 3 is 2.58 bits per heavy atom. The molecular formula is C24H31N5O2. The summed E-state index contributed by atoms with van der Waals surface area (Å²) < 4.78 is 13.4. The van der Waals surface area contributed by atoms with Crippen molar-refractivity contribution in [1.29, 1.82) is 0 Å². The van der Waals surface area contributed by atoms with Crippen LogP contribution in [-0.4, -0.2) is 35.8 Å². The van der Waals surface area contributed by atoms with E-state index >= 15 is 0 Å². The van der Waals surface area contributed by atoms with Crippen LogP contribution in [0.2, 0.25) is 0 Å². The zero-order chi connectivity index (χ0) is 22.1. The van der Waals surface area contributed by atoms with E-state index in [1.165, 1.54) is 0 Å². The lowest BCUT2D eigenvalue weighted by molar-refractivity contribution is 0.287. The Labute approximate surface area is 184 Å².